The first-order valence-electron chi connectivity index (χ1n) is 7.53. The molecule has 25 heavy (non-hydrogen) atoms. The van der Waals surface area contributed by atoms with Crippen molar-refractivity contribution in [3.8, 4) is 11.5 Å². The molecule has 7 nitrogen and oxygen atoms in total. The molecule has 3 amide bonds. The molecule has 0 radical (unpaired) electrons. The average molecular weight is 383 g/mol. The van der Waals surface area contributed by atoms with Crippen LogP contribution in [0, 0.1) is 0 Å². The number of hydrogen-bond donors (Lipinski definition) is 2. The lowest BCUT2D eigenvalue weighted by atomic mass is 10.1. The van der Waals surface area contributed by atoms with Gasteiger partial charge in [-0.15, -0.1) is 10.2 Å². The summed E-state index contributed by atoms with van der Waals surface area (Å²) in [7, 11) is 0. The third-order valence-electron chi connectivity index (χ3n) is 2.87. The Labute approximate surface area is 154 Å². The van der Waals surface area contributed by atoms with Crippen LogP contribution in [0.25, 0.3) is 11.5 Å². The fourth-order valence-corrected chi connectivity index (χ4v) is 2.57. The van der Waals surface area contributed by atoms with E-state index in [2.05, 4.69) is 20.8 Å². The summed E-state index contributed by atoms with van der Waals surface area (Å²) >= 11 is 6.91. The molecule has 0 aliphatic carbocycles. The normalized spacial score (nSPS) is 12.5. The molecule has 0 saturated heterocycles. The molecular weight excluding hydrogens is 364 g/mol. The maximum absolute atomic E-state index is 12.1. The van der Waals surface area contributed by atoms with Crippen LogP contribution >= 0.6 is 23.4 Å². The third kappa shape index (κ3) is 6.06. The van der Waals surface area contributed by atoms with E-state index in [0.717, 1.165) is 17.3 Å². The molecule has 134 valence electrons. The van der Waals surface area contributed by atoms with Gasteiger partial charge in [0.2, 0.25) is 11.8 Å². The van der Waals surface area contributed by atoms with E-state index in [-0.39, 0.29) is 5.22 Å². The van der Waals surface area contributed by atoms with Gasteiger partial charge in [-0.25, -0.2) is 4.79 Å². The molecular formula is C16H19ClN4O3S. The largest absolute Gasteiger partial charge is 0.411 e. The fourth-order valence-electron chi connectivity index (χ4n) is 1.76. The number of hydrogen-bond acceptors (Lipinski definition) is 6. The van der Waals surface area contributed by atoms with Crippen molar-refractivity contribution in [2.24, 2.45) is 0 Å². The number of benzene rings is 1. The second kappa shape index (κ2) is 7.88. The van der Waals surface area contributed by atoms with Crippen LogP contribution in [0.2, 0.25) is 5.02 Å². The van der Waals surface area contributed by atoms with Gasteiger partial charge in [-0.2, -0.15) is 0 Å². The van der Waals surface area contributed by atoms with E-state index in [1.54, 1.807) is 31.2 Å². The lowest BCUT2D eigenvalue weighted by Crippen LogP contribution is -2.49. The maximum atomic E-state index is 12.1. The highest BCUT2D eigenvalue weighted by Gasteiger charge is 2.22. The minimum Gasteiger partial charge on any atom is -0.411 e. The molecule has 0 aliphatic heterocycles. The van der Waals surface area contributed by atoms with Crippen LogP contribution in [-0.2, 0) is 4.79 Å². The molecule has 0 spiro atoms. The van der Waals surface area contributed by atoms with Gasteiger partial charge in [0.1, 0.15) is 0 Å². The number of urea groups is 1. The van der Waals surface area contributed by atoms with Gasteiger partial charge in [-0.1, -0.05) is 23.4 Å². The number of nitrogens with one attached hydrogen (secondary N) is 2. The van der Waals surface area contributed by atoms with Crippen LogP contribution in [0.4, 0.5) is 4.79 Å². The van der Waals surface area contributed by atoms with Crippen LogP contribution in [-0.4, -0.2) is 32.9 Å². The van der Waals surface area contributed by atoms with E-state index in [1.165, 1.54) is 0 Å². The van der Waals surface area contributed by atoms with E-state index in [0.29, 0.717) is 10.9 Å². The number of thioether (sulfide) groups is 1. The summed E-state index contributed by atoms with van der Waals surface area (Å²) < 4.78 is 5.53. The zero-order valence-electron chi connectivity index (χ0n) is 14.3. The second-order valence-corrected chi connectivity index (χ2v) is 8.06. The monoisotopic (exact) mass is 382 g/mol. The SMILES string of the molecule is CC(Sc1nnc(-c2ccc(Cl)cc2)o1)C(=O)NC(=O)NC(C)(C)C. The first-order chi connectivity index (χ1) is 11.6. The molecule has 0 fully saturated rings. The van der Waals surface area contributed by atoms with Gasteiger partial charge in [0.05, 0.1) is 5.25 Å². The number of carbonyl (C=O) groups is 2. The molecule has 1 aromatic heterocycles. The van der Waals surface area contributed by atoms with Crippen molar-refractivity contribution >= 4 is 35.3 Å². The van der Waals surface area contributed by atoms with E-state index in [1.807, 2.05) is 20.8 Å². The summed E-state index contributed by atoms with van der Waals surface area (Å²) in [4.78, 5) is 23.8. The molecule has 2 rings (SSSR count). The smallest absolute Gasteiger partial charge is 0.321 e. The van der Waals surface area contributed by atoms with Gasteiger partial charge >= 0.3 is 6.03 Å². The molecule has 2 N–H and O–H groups in total. The number of imide groups is 1. The van der Waals surface area contributed by atoms with E-state index in [4.69, 9.17) is 16.0 Å². The van der Waals surface area contributed by atoms with Crippen LogP contribution < -0.4 is 10.6 Å². The predicted molar refractivity (Wildman–Crippen MR) is 96.5 cm³/mol. The first kappa shape index (κ1) is 19.3. The Morgan fingerprint density at radius 2 is 1.84 bits per heavy atom. The summed E-state index contributed by atoms with van der Waals surface area (Å²) in [5.74, 6) is -0.116. The number of halogens is 1. The second-order valence-electron chi connectivity index (χ2n) is 6.33. The van der Waals surface area contributed by atoms with Gasteiger partial charge in [-0.05, 0) is 52.0 Å². The number of rotatable bonds is 4. The van der Waals surface area contributed by atoms with Gasteiger partial charge in [0, 0.05) is 16.1 Å². The van der Waals surface area contributed by atoms with Gasteiger partial charge in [0.25, 0.3) is 5.22 Å². The third-order valence-corrected chi connectivity index (χ3v) is 4.06. The average Bonchev–Trinajstić information content (AvgIpc) is 2.94. The van der Waals surface area contributed by atoms with Crippen molar-refractivity contribution in [1.82, 2.24) is 20.8 Å². The maximum Gasteiger partial charge on any atom is 0.321 e. The number of amides is 3. The lowest BCUT2D eigenvalue weighted by molar-refractivity contribution is -0.119. The zero-order chi connectivity index (χ0) is 18.6. The summed E-state index contributed by atoms with van der Waals surface area (Å²) in [6.07, 6.45) is 0. The minimum absolute atomic E-state index is 0.240. The Kier molecular flexibility index (Phi) is 6.07. The molecule has 0 aliphatic rings. The number of aromatic nitrogens is 2. The molecule has 1 heterocycles. The molecule has 1 atom stereocenters. The Bertz CT molecular complexity index is 755. The van der Waals surface area contributed by atoms with Crippen molar-refractivity contribution in [1.29, 1.82) is 0 Å². The molecule has 1 unspecified atom stereocenters. The highest BCUT2D eigenvalue weighted by Crippen LogP contribution is 2.26. The van der Waals surface area contributed by atoms with Crippen molar-refractivity contribution in [3.63, 3.8) is 0 Å². The number of carbonyl (C=O) groups excluding carboxylic acids is 2. The van der Waals surface area contributed by atoms with Crippen molar-refractivity contribution in [2.75, 3.05) is 0 Å². The Morgan fingerprint density at radius 3 is 2.44 bits per heavy atom. The summed E-state index contributed by atoms with van der Waals surface area (Å²) in [6, 6.07) is 6.42. The van der Waals surface area contributed by atoms with Gasteiger partial charge in [0.15, 0.2) is 0 Å². The molecule has 0 saturated carbocycles. The lowest BCUT2D eigenvalue weighted by Gasteiger charge is -2.20. The predicted octanol–water partition coefficient (Wildman–Crippen LogP) is 3.49. The molecule has 1 aromatic carbocycles. The first-order valence-corrected chi connectivity index (χ1v) is 8.79. The quantitative estimate of drug-likeness (QED) is 0.785. The van der Waals surface area contributed by atoms with Crippen LogP contribution in [0.3, 0.4) is 0 Å². The summed E-state index contributed by atoms with van der Waals surface area (Å²) in [5.41, 5.74) is 0.297. The van der Waals surface area contributed by atoms with Crippen molar-refractivity contribution < 1.29 is 14.0 Å². The van der Waals surface area contributed by atoms with Crippen LogP contribution in [0.1, 0.15) is 27.7 Å². The van der Waals surface area contributed by atoms with Crippen LogP contribution in [0.15, 0.2) is 33.9 Å². The Hall–Kier alpha value is -2.06. The molecule has 0 bridgehead atoms. The topological polar surface area (TPSA) is 97.1 Å². The standard InChI is InChI=1S/C16H19ClN4O3S/c1-9(12(22)18-14(23)19-16(2,3)4)25-15-21-20-13(24-15)10-5-7-11(17)8-6-10/h5-9H,1-4H3,(H2,18,19,22,23). The molecule has 2 aromatic rings. The minimum atomic E-state index is -0.579. The Balaban J connectivity index is 1.94. The van der Waals surface area contributed by atoms with Gasteiger partial charge in [-0.3, -0.25) is 10.1 Å². The number of nitrogens with zero attached hydrogens (tertiary/aromatic N) is 2. The molecule has 9 heteroatoms. The highest BCUT2D eigenvalue weighted by atomic mass is 35.5. The van der Waals surface area contributed by atoms with Crippen LogP contribution in [0.5, 0.6) is 0 Å². The zero-order valence-corrected chi connectivity index (χ0v) is 15.9. The highest BCUT2D eigenvalue weighted by molar-refractivity contribution is 8.00. The van der Waals surface area contributed by atoms with Crippen molar-refractivity contribution in [3.05, 3.63) is 29.3 Å². The fraction of sp³-hybridized carbons (Fsp3) is 0.375. The van der Waals surface area contributed by atoms with Gasteiger partial charge < -0.3 is 9.73 Å². The summed E-state index contributed by atoms with van der Waals surface area (Å²) in [5, 5.41) is 13.1. The van der Waals surface area contributed by atoms with E-state index >= 15 is 0 Å². The Morgan fingerprint density at radius 1 is 1.20 bits per heavy atom. The van der Waals surface area contributed by atoms with E-state index < -0.39 is 22.7 Å². The van der Waals surface area contributed by atoms with Crippen molar-refractivity contribution in [2.45, 2.75) is 43.7 Å². The summed E-state index contributed by atoms with van der Waals surface area (Å²) in [6.45, 7) is 7.13. The van der Waals surface area contributed by atoms with E-state index in [9.17, 15) is 9.59 Å².